The summed E-state index contributed by atoms with van der Waals surface area (Å²) >= 11 is 0. The lowest BCUT2D eigenvalue weighted by molar-refractivity contribution is -0.139. The van der Waals surface area contributed by atoms with Gasteiger partial charge in [-0.2, -0.15) is 0 Å². The second kappa shape index (κ2) is 16.7. The number of hydrogen-bond acceptors (Lipinski definition) is 7. The van der Waals surface area contributed by atoms with E-state index in [9.17, 15) is 19.8 Å². The van der Waals surface area contributed by atoms with E-state index in [2.05, 4.69) is 45.7 Å². The normalized spacial score (nSPS) is 11.9. The number of aryl methyl sites for hydroxylation is 2. The van der Waals surface area contributed by atoms with Crippen LogP contribution in [-0.4, -0.2) is 55.2 Å². The molecule has 0 atom stereocenters. The highest BCUT2D eigenvalue weighted by Crippen LogP contribution is 2.34. The van der Waals surface area contributed by atoms with Crippen molar-refractivity contribution in [1.29, 1.82) is 0 Å². The highest BCUT2D eigenvalue weighted by molar-refractivity contribution is 5.87. The Morgan fingerprint density at radius 1 is 0.923 bits per heavy atom. The molecule has 0 radical (unpaired) electrons. The monoisotopic (exact) mass is 542 g/mol. The standard InChI is InChI=1S/C32H46O7/c1-9-24(7)28(10-2)27-17-25(13-11-15-37-30(35)22(3)4)29(39-21-32(8,19-33)20-34)26(18-27)14-12-16-38-31(36)23(5)6/h10,17-18,33-34H,2-3,5,9,11-16,19-21H2,1,4,6-8H3/b28-24-. The molecule has 0 aromatic heterocycles. The third-order valence-electron chi connectivity index (χ3n) is 6.42. The Hall–Kier alpha value is -3.16. The molecule has 0 amide bonds. The minimum absolute atomic E-state index is 0.104. The molecule has 0 bridgehead atoms. The van der Waals surface area contributed by atoms with Gasteiger partial charge in [-0.25, -0.2) is 9.59 Å². The van der Waals surface area contributed by atoms with Crippen molar-refractivity contribution in [2.45, 2.75) is 66.7 Å². The summed E-state index contributed by atoms with van der Waals surface area (Å²) in [7, 11) is 0. The average molecular weight is 543 g/mol. The van der Waals surface area contributed by atoms with Crippen molar-refractivity contribution in [2.24, 2.45) is 5.41 Å². The van der Waals surface area contributed by atoms with Crippen LogP contribution in [0.5, 0.6) is 5.75 Å². The van der Waals surface area contributed by atoms with Crippen LogP contribution in [0.4, 0.5) is 0 Å². The van der Waals surface area contributed by atoms with E-state index in [0.717, 1.165) is 28.7 Å². The molecule has 0 heterocycles. The molecule has 0 spiro atoms. The Kier molecular flexibility index (Phi) is 14.5. The number of aliphatic hydroxyl groups is 2. The van der Waals surface area contributed by atoms with Crippen LogP contribution in [0.2, 0.25) is 0 Å². The fourth-order valence-electron chi connectivity index (χ4n) is 3.68. The molecule has 0 saturated heterocycles. The third-order valence-corrected chi connectivity index (χ3v) is 6.42. The zero-order valence-corrected chi connectivity index (χ0v) is 24.4. The van der Waals surface area contributed by atoms with Crippen molar-refractivity contribution in [3.05, 3.63) is 71.4 Å². The number of hydrogen-bond donors (Lipinski definition) is 2. The Balaban J connectivity index is 3.47. The number of carbonyl (C=O) groups is 2. The van der Waals surface area contributed by atoms with Crippen LogP contribution >= 0.6 is 0 Å². The lowest BCUT2D eigenvalue weighted by Gasteiger charge is -2.27. The predicted octanol–water partition coefficient (Wildman–Crippen LogP) is 5.53. The number of ether oxygens (including phenoxy) is 3. The number of aliphatic hydroxyl groups excluding tert-OH is 2. The van der Waals surface area contributed by atoms with E-state index in [4.69, 9.17) is 14.2 Å². The van der Waals surface area contributed by atoms with Crippen molar-refractivity contribution in [1.82, 2.24) is 0 Å². The first kappa shape index (κ1) is 33.9. The van der Waals surface area contributed by atoms with Gasteiger partial charge in [0.2, 0.25) is 0 Å². The topological polar surface area (TPSA) is 102 Å². The maximum absolute atomic E-state index is 11.8. The van der Waals surface area contributed by atoms with Crippen molar-refractivity contribution in [2.75, 3.05) is 33.0 Å². The number of benzene rings is 1. The zero-order valence-electron chi connectivity index (χ0n) is 24.4. The first-order chi connectivity index (χ1) is 18.4. The first-order valence-corrected chi connectivity index (χ1v) is 13.4. The van der Waals surface area contributed by atoms with Gasteiger partial charge in [-0.15, -0.1) is 0 Å². The van der Waals surface area contributed by atoms with Crippen LogP contribution in [-0.2, 0) is 31.9 Å². The molecule has 0 saturated carbocycles. The maximum Gasteiger partial charge on any atom is 0.333 e. The van der Waals surface area contributed by atoms with E-state index in [1.165, 1.54) is 5.57 Å². The Morgan fingerprint density at radius 3 is 1.74 bits per heavy atom. The SMILES string of the molecule is C=C/C(=C(\C)CC)c1cc(CCCOC(=O)C(=C)C)c(OCC(C)(CO)CO)c(CCCOC(=O)C(=C)C)c1. The van der Waals surface area contributed by atoms with Crippen LogP contribution in [0.25, 0.3) is 5.57 Å². The lowest BCUT2D eigenvalue weighted by atomic mass is 9.91. The van der Waals surface area contributed by atoms with Crippen LogP contribution in [0.3, 0.4) is 0 Å². The summed E-state index contributed by atoms with van der Waals surface area (Å²) in [5, 5.41) is 19.6. The van der Waals surface area contributed by atoms with Crippen molar-refractivity contribution in [3.63, 3.8) is 0 Å². The van der Waals surface area contributed by atoms with Crippen molar-refractivity contribution < 1.29 is 34.0 Å². The van der Waals surface area contributed by atoms with E-state index in [0.29, 0.717) is 42.6 Å². The second-order valence-corrected chi connectivity index (χ2v) is 10.3. The average Bonchev–Trinajstić information content (AvgIpc) is 2.92. The van der Waals surface area contributed by atoms with Gasteiger partial charge in [-0.1, -0.05) is 45.2 Å². The van der Waals surface area contributed by atoms with Gasteiger partial charge in [-0.05, 0) is 87.3 Å². The molecule has 0 unspecified atom stereocenters. The summed E-state index contributed by atoms with van der Waals surface area (Å²) in [4.78, 5) is 23.7. The van der Waals surface area contributed by atoms with Crippen LogP contribution in [0.15, 0.2) is 54.7 Å². The second-order valence-electron chi connectivity index (χ2n) is 10.3. The molecule has 2 N–H and O–H groups in total. The van der Waals surface area contributed by atoms with E-state index in [1.807, 2.05) is 6.08 Å². The zero-order chi connectivity index (χ0) is 29.6. The van der Waals surface area contributed by atoms with Gasteiger partial charge in [0.25, 0.3) is 0 Å². The molecule has 0 aliphatic rings. The molecule has 7 nitrogen and oxygen atoms in total. The fourth-order valence-corrected chi connectivity index (χ4v) is 3.68. The molecule has 216 valence electrons. The van der Waals surface area contributed by atoms with Gasteiger partial charge in [0.05, 0.1) is 33.0 Å². The summed E-state index contributed by atoms with van der Waals surface area (Å²) in [6.45, 7) is 20.5. The Bertz CT molecular complexity index is 1010. The molecule has 0 aliphatic heterocycles. The number of rotatable bonds is 18. The number of allylic oxidation sites excluding steroid dienone is 3. The van der Waals surface area contributed by atoms with Gasteiger partial charge in [-0.3, -0.25) is 0 Å². The van der Waals surface area contributed by atoms with E-state index in [-0.39, 0.29) is 33.0 Å². The van der Waals surface area contributed by atoms with Crippen LogP contribution in [0.1, 0.15) is 70.6 Å². The van der Waals surface area contributed by atoms with Gasteiger partial charge in [0.15, 0.2) is 0 Å². The molecule has 7 heteroatoms. The summed E-state index contributed by atoms with van der Waals surface area (Å²) in [5.41, 5.74) is 4.90. The number of esters is 2. The van der Waals surface area contributed by atoms with Gasteiger partial charge >= 0.3 is 11.9 Å². The smallest absolute Gasteiger partial charge is 0.333 e. The van der Waals surface area contributed by atoms with E-state index >= 15 is 0 Å². The predicted molar refractivity (Wildman–Crippen MR) is 155 cm³/mol. The Labute approximate surface area is 233 Å². The largest absolute Gasteiger partial charge is 0.492 e. The number of carbonyl (C=O) groups excluding carboxylic acids is 2. The Morgan fingerprint density at radius 2 is 1.38 bits per heavy atom. The van der Waals surface area contributed by atoms with Gasteiger partial charge in [0, 0.05) is 16.6 Å². The molecule has 39 heavy (non-hydrogen) atoms. The van der Waals surface area contributed by atoms with Gasteiger partial charge in [0.1, 0.15) is 5.75 Å². The molecule has 1 rings (SSSR count). The van der Waals surface area contributed by atoms with E-state index < -0.39 is 17.4 Å². The lowest BCUT2D eigenvalue weighted by Crippen LogP contribution is -2.33. The summed E-state index contributed by atoms with van der Waals surface area (Å²) in [5.74, 6) is -0.202. The van der Waals surface area contributed by atoms with Crippen molar-refractivity contribution >= 4 is 17.5 Å². The first-order valence-electron chi connectivity index (χ1n) is 13.4. The molecule has 1 aromatic rings. The molecule has 1 aromatic carbocycles. The van der Waals surface area contributed by atoms with Gasteiger partial charge < -0.3 is 24.4 Å². The van der Waals surface area contributed by atoms with Crippen LogP contribution in [0, 0.1) is 5.41 Å². The molecular formula is C32H46O7. The minimum atomic E-state index is -0.827. The van der Waals surface area contributed by atoms with E-state index in [1.54, 1.807) is 20.8 Å². The van der Waals surface area contributed by atoms with Crippen molar-refractivity contribution in [3.8, 4) is 5.75 Å². The molecule has 0 aliphatic carbocycles. The fraction of sp³-hybridized carbons (Fsp3) is 0.500. The third kappa shape index (κ3) is 10.9. The molecular weight excluding hydrogens is 496 g/mol. The summed E-state index contributed by atoms with van der Waals surface area (Å²) in [6.07, 6.45) is 4.96. The highest BCUT2D eigenvalue weighted by atomic mass is 16.5. The minimum Gasteiger partial charge on any atom is -0.492 e. The summed E-state index contributed by atoms with van der Waals surface area (Å²) in [6, 6.07) is 4.12. The highest BCUT2D eigenvalue weighted by Gasteiger charge is 2.25. The summed E-state index contributed by atoms with van der Waals surface area (Å²) < 4.78 is 16.9. The van der Waals surface area contributed by atoms with Crippen LogP contribution < -0.4 is 4.74 Å². The quantitative estimate of drug-likeness (QED) is 0.109. The molecule has 0 fully saturated rings. The maximum atomic E-state index is 11.8.